The van der Waals surface area contributed by atoms with Gasteiger partial charge in [0.1, 0.15) is 12.4 Å². The van der Waals surface area contributed by atoms with Gasteiger partial charge in [-0.2, -0.15) is 0 Å². The molecular weight excluding hydrogens is 455 g/mol. The first-order valence-corrected chi connectivity index (χ1v) is 9.60. The topological polar surface area (TPSA) is 66.0 Å². The second-order valence-corrected chi connectivity index (χ2v) is 6.59. The summed E-state index contributed by atoms with van der Waals surface area (Å²) >= 11 is 0. The number of para-hydroxylation sites is 1. The van der Waals surface area contributed by atoms with E-state index in [1.807, 2.05) is 17.9 Å². The van der Waals surface area contributed by atoms with Crippen LogP contribution in [0.15, 0.2) is 23.2 Å². The number of hydrogen-bond donors (Lipinski definition) is 2. The summed E-state index contributed by atoms with van der Waals surface area (Å²) in [6, 6.07) is 6.17. The fourth-order valence-corrected chi connectivity index (χ4v) is 3.08. The van der Waals surface area contributed by atoms with Gasteiger partial charge in [-0.1, -0.05) is 18.2 Å². The number of carbonyl (C=O) groups is 1. The molecule has 2 N–H and O–H groups in total. The van der Waals surface area contributed by atoms with Gasteiger partial charge in [-0.25, -0.2) is 0 Å². The van der Waals surface area contributed by atoms with Crippen molar-refractivity contribution in [1.82, 2.24) is 15.5 Å². The van der Waals surface area contributed by atoms with Gasteiger partial charge in [-0.05, 0) is 44.7 Å². The molecular formula is C20H33IN4O2. The number of benzene rings is 1. The molecule has 0 radical (unpaired) electrons. The van der Waals surface area contributed by atoms with Crippen molar-refractivity contribution in [2.45, 2.75) is 40.0 Å². The van der Waals surface area contributed by atoms with Crippen LogP contribution >= 0.6 is 24.0 Å². The Balaban J connectivity index is 0.00000364. The molecule has 1 aliphatic heterocycles. The third-order valence-electron chi connectivity index (χ3n) is 4.42. The number of carbonyl (C=O) groups excluding carboxylic acids is 1. The first kappa shape index (κ1) is 23.5. The number of guanidine groups is 1. The molecule has 27 heavy (non-hydrogen) atoms. The zero-order valence-electron chi connectivity index (χ0n) is 16.7. The molecule has 0 saturated carbocycles. The van der Waals surface area contributed by atoms with E-state index in [9.17, 15) is 4.79 Å². The fourth-order valence-electron chi connectivity index (χ4n) is 3.08. The number of rotatable bonds is 9. The van der Waals surface area contributed by atoms with Crippen LogP contribution in [0.25, 0.3) is 0 Å². The van der Waals surface area contributed by atoms with E-state index in [0.29, 0.717) is 26.1 Å². The summed E-state index contributed by atoms with van der Waals surface area (Å²) in [4.78, 5) is 18.1. The molecule has 0 aliphatic carbocycles. The van der Waals surface area contributed by atoms with Gasteiger partial charge in [0.15, 0.2) is 5.96 Å². The molecule has 152 valence electrons. The summed E-state index contributed by atoms with van der Waals surface area (Å²) in [5.74, 6) is 2.04. The second kappa shape index (κ2) is 12.8. The summed E-state index contributed by atoms with van der Waals surface area (Å²) < 4.78 is 5.91. The number of aliphatic imine (C=N–C) groups is 1. The molecule has 1 fully saturated rings. The monoisotopic (exact) mass is 488 g/mol. The number of nitrogens with zero attached hydrogens (tertiary/aromatic N) is 2. The third-order valence-corrected chi connectivity index (χ3v) is 4.42. The van der Waals surface area contributed by atoms with Crippen molar-refractivity contribution in [3.8, 4) is 5.75 Å². The Bertz CT molecular complexity index is 602. The summed E-state index contributed by atoms with van der Waals surface area (Å²) in [7, 11) is 0. The van der Waals surface area contributed by atoms with E-state index in [4.69, 9.17) is 4.74 Å². The van der Waals surface area contributed by atoms with Crippen LogP contribution in [0.4, 0.5) is 0 Å². The van der Waals surface area contributed by atoms with Gasteiger partial charge in [0.05, 0.1) is 6.54 Å². The minimum atomic E-state index is 0. The van der Waals surface area contributed by atoms with Gasteiger partial charge in [0, 0.05) is 32.6 Å². The van der Waals surface area contributed by atoms with Crippen molar-refractivity contribution in [3.63, 3.8) is 0 Å². The lowest BCUT2D eigenvalue weighted by Crippen LogP contribution is -2.39. The van der Waals surface area contributed by atoms with Crippen molar-refractivity contribution in [2.75, 3.05) is 39.3 Å². The Hall–Kier alpha value is -1.51. The van der Waals surface area contributed by atoms with Crippen molar-refractivity contribution in [2.24, 2.45) is 4.99 Å². The predicted molar refractivity (Wildman–Crippen MR) is 121 cm³/mol. The molecule has 0 spiro atoms. The van der Waals surface area contributed by atoms with Crippen LogP contribution in [0.5, 0.6) is 5.75 Å². The number of hydrogen-bond acceptors (Lipinski definition) is 3. The van der Waals surface area contributed by atoms with Gasteiger partial charge in [0.25, 0.3) is 0 Å². The van der Waals surface area contributed by atoms with E-state index in [2.05, 4.69) is 41.6 Å². The Labute approximate surface area is 180 Å². The number of amides is 1. The normalized spacial score (nSPS) is 14.1. The van der Waals surface area contributed by atoms with Crippen molar-refractivity contribution < 1.29 is 9.53 Å². The van der Waals surface area contributed by atoms with Crippen LogP contribution in [0.1, 0.15) is 37.3 Å². The molecule has 6 nitrogen and oxygen atoms in total. The average Bonchev–Trinajstić information content (AvgIpc) is 3.02. The first-order valence-electron chi connectivity index (χ1n) is 9.60. The predicted octanol–water partition coefficient (Wildman–Crippen LogP) is 2.87. The quantitative estimate of drug-likeness (QED) is 0.243. The highest BCUT2D eigenvalue weighted by atomic mass is 127. The molecule has 1 aromatic carbocycles. The van der Waals surface area contributed by atoms with Crippen molar-refractivity contribution in [3.05, 3.63) is 29.3 Å². The Morgan fingerprint density at radius 2 is 2.00 bits per heavy atom. The van der Waals surface area contributed by atoms with Gasteiger partial charge >= 0.3 is 0 Å². The molecule has 1 saturated heterocycles. The minimum absolute atomic E-state index is 0. The SMILES string of the molecule is CCNC(=NCCCN1CCCC1=O)NCCOc1c(C)cccc1C.I. The maximum absolute atomic E-state index is 11.6. The van der Waals surface area contributed by atoms with Crippen LogP contribution < -0.4 is 15.4 Å². The van der Waals surface area contributed by atoms with Crippen LogP contribution in [-0.4, -0.2) is 56.1 Å². The second-order valence-electron chi connectivity index (χ2n) is 6.59. The van der Waals surface area contributed by atoms with E-state index >= 15 is 0 Å². The number of likely N-dealkylation sites (tertiary alicyclic amines) is 1. The lowest BCUT2D eigenvalue weighted by Gasteiger charge is -2.15. The summed E-state index contributed by atoms with van der Waals surface area (Å²) in [5.41, 5.74) is 2.31. The average molecular weight is 488 g/mol. The van der Waals surface area contributed by atoms with Gasteiger partial charge < -0.3 is 20.3 Å². The number of halogens is 1. The van der Waals surface area contributed by atoms with Crippen molar-refractivity contribution in [1.29, 1.82) is 0 Å². The largest absolute Gasteiger partial charge is 0.491 e. The van der Waals surface area contributed by atoms with Gasteiger partial charge in [0.2, 0.25) is 5.91 Å². The van der Waals surface area contributed by atoms with E-state index in [1.165, 1.54) is 0 Å². The van der Waals surface area contributed by atoms with E-state index in [1.54, 1.807) is 0 Å². The smallest absolute Gasteiger partial charge is 0.222 e. The van der Waals surface area contributed by atoms with E-state index < -0.39 is 0 Å². The molecule has 2 rings (SSSR count). The van der Waals surface area contributed by atoms with Gasteiger partial charge in [-0.3, -0.25) is 9.79 Å². The molecule has 0 atom stereocenters. The summed E-state index contributed by atoms with van der Waals surface area (Å²) in [6.45, 7) is 10.7. The maximum Gasteiger partial charge on any atom is 0.222 e. The van der Waals surface area contributed by atoms with E-state index in [-0.39, 0.29) is 29.9 Å². The van der Waals surface area contributed by atoms with Crippen LogP contribution in [0.2, 0.25) is 0 Å². The summed E-state index contributed by atoms with van der Waals surface area (Å²) in [6.07, 6.45) is 2.59. The maximum atomic E-state index is 11.6. The number of aryl methyl sites for hydroxylation is 2. The number of nitrogens with one attached hydrogen (secondary N) is 2. The molecule has 1 heterocycles. The molecule has 0 unspecified atom stereocenters. The van der Waals surface area contributed by atoms with Crippen LogP contribution in [0, 0.1) is 13.8 Å². The molecule has 1 aliphatic rings. The zero-order chi connectivity index (χ0) is 18.8. The molecule has 7 heteroatoms. The first-order chi connectivity index (χ1) is 12.6. The molecule has 1 amide bonds. The van der Waals surface area contributed by atoms with Crippen molar-refractivity contribution >= 4 is 35.8 Å². The van der Waals surface area contributed by atoms with Gasteiger partial charge in [-0.15, -0.1) is 24.0 Å². The molecule has 0 aromatic heterocycles. The molecule has 0 bridgehead atoms. The highest BCUT2D eigenvalue weighted by Gasteiger charge is 2.18. The standard InChI is InChI=1S/C20H32N4O2.HI/c1-4-21-20(22-11-7-14-24-13-6-10-18(24)25)23-12-15-26-19-16(2)8-5-9-17(19)3;/h5,8-9H,4,6-7,10-15H2,1-3H3,(H2,21,22,23);1H. The fraction of sp³-hybridized carbons (Fsp3) is 0.600. The van der Waals surface area contributed by atoms with Crippen LogP contribution in [-0.2, 0) is 4.79 Å². The summed E-state index contributed by atoms with van der Waals surface area (Å²) in [5, 5.41) is 6.54. The minimum Gasteiger partial charge on any atom is -0.491 e. The molecule has 1 aromatic rings. The highest BCUT2D eigenvalue weighted by Crippen LogP contribution is 2.21. The van der Waals surface area contributed by atoms with E-state index in [0.717, 1.165) is 55.3 Å². The Morgan fingerprint density at radius 3 is 2.63 bits per heavy atom. The highest BCUT2D eigenvalue weighted by molar-refractivity contribution is 14.0. The zero-order valence-corrected chi connectivity index (χ0v) is 19.0. The lowest BCUT2D eigenvalue weighted by atomic mass is 10.1. The number of ether oxygens (including phenoxy) is 1. The third kappa shape index (κ3) is 7.94. The Morgan fingerprint density at radius 1 is 1.26 bits per heavy atom. The lowest BCUT2D eigenvalue weighted by molar-refractivity contribution is -0.127. The Kier molecular flexibility index (Phi) is 11.2. The van der Waals surface area contributed by atoms with Crippen LogP contribution in [0.3, 0.4) is 0 Å².